The molecule has 21 heavy (non-hydrogen) atoms. The third-order valence-corrected chi connectivity index (χ3v) is 3.08. The summed E-state index contributed by atoms with van der Waals surface area (Å²) in [6.45, 7) is 0. The summed E-state index contributed by atoms with van der Waals surface area (Å²) in [5, 5.41) is 7.41. The van der Waals surface area contributed by atoms with Crippen LogP contribution in [0.3, 0.4) is 0 Å². The molecule has 0 aliphatic rings. The maximum absolute atomic E-state index is 13.7. The Morgan fingerprint density at radius 2 is 2.14 bits per heavy atom. The molecule has 0 atom stereocenters. The van der Waals surface area contributed by atoms with Crippen molar-refractivity contribution in [1.29, 1.82) is 0 Å². The van der Waals surface area contributed by atoms with E-state index in [4.69, 9.17) is 10.5 Å². The highest BCUT2D eigenvalue weighted by atomic mass is 19.1. The summed E-state index contributed by atoms with van der Waals surface area (Å²) >= 11 is 0. The predicted molar refractivity (Wildman–Crippen MR) is 80.2 cm³/mol. The lowest BCUT2D eigenvalue weighted by Crippen LogP contribution is -1.87. The average molecular weight is 284 g/mol. The number of nitrogen functional groups attached to an aromatic ring is 1. The minimum absolute atomic E-state index is 0.344. The molecule has 0 saturated heterocycles. The Hall–Kier alpha value is -2.89. The lowest BCUT2D eigenvalue weighted by molar-refractivity contribution is 0.398. The number of hydrogen-bond donors (Lipinski definition) is 2. The van der Waals surface area contributed by atoms with E-state index in [1.54, 1.807) is 31.5 Å². The van der Waals surface area contributed by atoms with E-state index in [2.05, 4.69) is 15.2 Å². The van der Waals surface area contributed by atoms with Gasteiger partial charge in [0.15, 0.2) is 5.82 Å². The van der Waals surface area contributed by atoms with Crippen molar-refractivity contribution in [1.82, 2.24) is 15.2 Å². The summed E-state index contributed by atoms with van der Waals surface area (Å²) in [5.74, 6) is 0.135. The number of nitrogens with zero attached hydrogens (tertiary/aromatic N) is 2. The molecular formula is C15H13FN4O. The summed E-state index contributed by atoms with van der Waals surface area (Å²) in [6.07, 6.45) is 5.30. The van der Waals surface area contributed by atoms with E-state index in [9.17, 15) is 4.39 Å². The molecule has 0 aliphatic carbocycles. The minimum Gasteiger partial charge on any atom is -0.481 e. The molecule has 0 saturated carbocycles. The molecule has 0 aliphatic heterocycles. The van der Waals surface area contributed by atoms with E-state index in [1.807, 2.05) is 12.1 Å². The normalized spacial score (nSPS) is 11.3. The van der Waals surface area contributed by atoms with Crippen molar-refractivity contribution in [3.05, 3.63) is 47.5 Å². The van der Waals surface area contributed by atoms with Gasteiger partial charge < -0.3 is 10.5 Å². The SMILES string of the molecule is COc1ccc(C=Cc2n[nH]c3c(F)cc(N)cc23)cn1. The highest BCUT2D eigenvalue weighted by Crippen LogP contribution is 2.23. The molecule has 3 aromatic rings. The minimum atomic E-state index is -0.414. The van der Waals surface area contributed by atoms with Gasteiger partial charge in [0, 0.05) is 23.3 Å². The molecule has 0 radical (unpaired) electrons. The number of fused-ring (bicyclic) bond motifs is 1. The molecule has 2 aromatic heterocycles. The van der Waals surface area contributed by atoms with Crippen LogP contribution in [0.15, 0.2) is 30.5 Å². The Kier molecular flexibility index (Phi) is 3.27. The van der Waals surface area contributed by atoms with E-state index < -0.39 is 5.82 Å². The van der Waals surface area contributed by atoms with Gasteiger partial charge in [0.25, 0.3) is 0 Å². The molecule has 3 rings (SSSR count). The number of H-pyrrole nitrogens is 1. The van der Waals surface area contributed by atoms with Gasteiger partial charge in [-0.2, -0.15) is 5.10 Å². The Bertz CT molecular complexity index is 808. The lowest BCUT2D eigenvalue weighted by atomic mass is 10.1. The summed E-state index contributed by atoms with van der Waals surface area (Å²) < 4.78 is 18.7. The number of aromatic nitrogens is 3. The van der Waals surface area contributed by atoms with Crippen molar-refractivity contribution in [3.63, 3.8) is 0 Å². The summed E-state index contributed by atoms with van der Waals surface area (Å²) in [7, 11) is 1.56. The van der Waals surface area contributed by atoms with Gasteiger partial charge in [-0.15, -0.1) is 0 Å². The first kappa shape index (κ1) is 13.1. The number of methoxy groups -OCH3 is 1. The van der Waals surface area contributed by atoms with Crippen molar-refractivity contribution in [2.24, 2.45) is 0 Å². The average Bonchev–Trinajstić information content (AvgIpc) is 2.89. The molecular weight excluding hydrogens is 271 g/mol. The monoisotopic (exact) mass is 284 g/mol. The van der Waals surface area contributed by atoms with Crippen LogP contribution in [0.25, 0.3) is 23.1 Å². The molecule has 1 aromatic carbocycles. The highest BCUT2D eigenvalue weighted by molar-refractivity contribution is 5.91. The molecule has 0 spiro atoms. The van der Waals surface area contributed by atoms with Crippen LogP contribution >= 0.6 is 0 Å². The molecule has 0 unspecified atom stereocenters. The molecule has 3 N–H and O–H groups in total. The molecule has 0 fully saturated rings. The van der Waals surface area contributed by atoms with Crippen LogP contribution in [0.4, 0.5) is 10.1 Å². The first-order valence-corrected chi connectivity index (χ1v) is 6.28. The fourth-order valence-corrected chi connectivity index (χ4v) is 2.03. The number of benzene rings is 1. The topological polar surface area (TPSA) is 76.8 Å². The highest BCUT2D eigenvalue weighted by Gasteiger charge is 2.08. The lowest BCUT2D eigenvalue weighted by Gasteiger charge is -1.98. The largest absolute Gasteiger partial charge is 0.481 e. The molecule has 0 bridgehead atoms. The van der Waals surface area contributed by atoms with E-state index in [1.165, 1.54) is 6.07 Å². The van der Waals surface area contributed by atoms with E-state index in [-0.39, 0.29) is 0 Å². The number of pyridine rings is 1. The summed E-state index contributed by atoms with van der Waals surface area (Å²) in [6, 6.07) is 6.58. The van der Waals surface area contributed by atoms with E-state index >= 15 is 0 Å². The number of aromatic amines is 1. The van der Waals surface area contributed by atoms with Gasteiger partial charge in [-0.25, -0.2) is 9.37 Å². The third-order valence-electron chi connectivity index (χ3n) is 3.08. The van der Waals surface area contributed by atoms with Gasteiger partial charge in [0.1, 0.15) is 5.52 Å². The van der Waals surface area contributed by atoms with Crippen LogP contribution < -0.4 is 10.5 Å². The third kappa shape index (κ3) is 2.55. The zero-order valence-corrected chi connectivity index (χ0v) is 11.3. The first-order chi connectivity index (χ1) is 10.2. The molecule has 106 valence electrons. The number of ether oxygens (including phenoxy) is 1. The van der Waals surface area contributed by atoms with Crippen molar-refractivity contribution in [3.8, 4) is 5.88 Å². The van der Waals surface area contributed by atoms with Crippen molar-refractivity contribution >= 4 is 28.7 Å². The number of halogens is 1. The van der Waals surface area contributed by atoms with Crippen LogP contribution in [0.2, 0.25) is 0 Å². The van der Waals surface area contributed by atoms with Crippen LogP contribution in [0.1, 0.15) is 11.3 Å². The second-order valence-electron chi connectivity index (χ2n) is 4.50. The maximum atomic E-state index is 13.7. The second-order valence-corrected chi connectivity index (χ2v) is 4.50. The number of rotatable bonds is 3. The molecule has 6 heteroatoms. The zero-order chi connectivity index (χ0) is 14.8. The maximum Gasteiger partial charge on any atom is 0.212 e. The molecule has 0 amide bonds. The Morgan fingerprint density at radius 1 is 1.29 bits per heavy atom. The number of nitrogens with one attached hydrogen (secondary N) is 1. The van der Waals surface area contributed by atoms with Gasteiger partial charge >= 0.3 is 0 Å². The van der Waals surface area contributed by atoms with Crippen LogP contribution in [0, 0.1) is 5.82 Å². The van der Waals surface area contributed by atoms with Crippen molar-refractivity contribution < 1.29 is 9.13 Å². The first-order valence-electron chi connectivity index (χ1n) is 6.28. The number of anilines is 1. The Balaban J connectivity index is 1.95. The zero-order valence-electron chi connectivity index (χ0n) is 11.3. The predicted octanol–water partition coefficient (Wildman–Crippen LogP) is 2.86. The Morgan fingerprint density at radius 3 is 2.86 bits per heavy atom. The van der Waals surface area contributed by atoms with Gasteiger partial charge in [-0.1, -0.05) is 6.08 Å². The van der Waals surface area contributed by atoms with Gasteiger partial charge in [0.2, 0.25) is 5.88 Å². The van der Waals surface area contributed by atoms with Crippen LogP contribution in [-0.2, 0) is 0 Å². The smallest absolute Gasteiger partial charge is 0.212 e. The molecule has 2 heterocycles. The summed E-state index contributed by atoms with van der Waals surface area (Å²) in [4.78, 5) is 4.11. The van der Waals surface area contributed by atoms with E-state index in [0.717, 1.165) is 5.56 Å². The van der Waals surface area contributed by atoms with Crippen molar-refractivity contribution in [2.75, 3.05) is 12.8 Å². The van der Waals surface area contributed by atoms with Crippen LogP contribution in [-0.4, -0.2) is 22.3 Å². The quantitative estimate of drug-likeness (QED) is 0.725. The van der Waals surface area contributed by atoms with E-state index in [0.29, 0.717) is 28.2 Å². The number of nitrogens with two attached hydrogens (primary N) is 1. The Labute approximate surface area is 120 Å². The number of hydrogen-bond acceptors (Lipinski definition) is 4. The summed E-state index contributed by atoms with van der Waals surface area (Å²) in [5.41, 5.74) is 7.87. The van der Waals surface area contributed by atoms with Gasteiger partial charge in [0.05, 0.1) is 12.8 Å². The van der Waals surface area contributed by atoms with Gasteiger partial charge in [-0.05, 0) is 29.8 Å². The van der Waals surface area contributed by atoms with Crippen molar-refractivity contribution in [2.45, 2.75) is 0 Å². The van der Waals surface area contributed by atoms with Gasteiger partial charge in [-0.3, -0.25) is 5.10 Å². The fraction of sp³-hybridized carbons (Fsp3) is 0.0667. The van der Waals surface area contributed by atoms with Crippen LogP contribution in [0.5, 0.6) is 5.88 Å². The fourth-order valence-electron chi connectivity index (χ4n) is 2.03. The molecule has 5 nitrogen and oxygen atoms in total. The second kappa shape index (κ2) is 5.24. The standard InChI is InChI=1S/C15H13FN4O/c1-21-14-5-3-9(8-18-14)2-4-13-11-6-10(17)7-12(16)15(11)20-19-13/h2-8H,17H2,1H3,(H,19,20).